The summed E-state index contributed by atoms with van der Waals surface area (Å²) in [6.45, 7) is 4.26. The molecule has 3 heteroatoms. The molecule has 21 heavy (non-hydrogen) atoms. The van der Waals surface area contributed by atoms with Crippen molar-refractivity contribution in [2.24, 2.45) is 0 Å². The second kappa shape index (κ2) is 5.40. The van der Waals surface area contributed by atoms with Crippen molar-refractivity contribution >= 4 is 22.4 Å². The van der Waals surface area contributed by atoms with Crippen molar-refractivity contribution in [3.8, 4) is 0 Å². The quantitative estimate of drug-likeness (QED) is 0.808. The minimum Gasteiger partial charge on any atom is -0.398 e. The van der Waals surface area contributed by atoms with E-state index in [2.05, 4.69) is 13.8 Å². The van der Waals surface area contributed by atoms with Gasteiger partial charge < -0.3 is 10.6 Å². The first-order valence-corrected chi connectivity index (χ1v) is 7.69. The molecule has 0 bridgehead atoms. The van der Waals surface area contributed by atoms with Crippen LogP contribution < -0.4 is 5.73 Å². The van der Waals surface area contributed by atoms with Crippen LogP contribution in [0.1, 0.15) is 43.5 Å². The van der Waals surface area contributed by atoms with E-state index in [1.807, 2.05) is 41.3 Å². The lowest BCUT2D eigenvalue weighted by molar-refractivity contribution is 0.0512. The van der Waals surface area contributed by atoms with Crippen molar-refractivity contribution in [3.05, 3.63) is 42.0 Å². The summed E-state index contributed by atoms with van der Waals surface area (Å²) in [4.78, 5) is 14.9. The lowest BCUT2D eigenvalue weighted by Crippen LogP contribution is -2.47. The first-order chi connectivity index (χ1) is 10.1. The van der Waals surface area contributed by atoms with Gasteiger partial charge in [-0.1, -0.05) is 24.3 Å². The van der Waals surface area contributed by atoms with Crippen LogP contribution in [0.25, 0.3) is 10.8 Å². The van der Waals surface area contributed by atoms with Crippen LogP contribution in [-0.4, -0.2) is 22.9 Å². The highest BCUT2D eigenvalue weighted by atomic mass is 16.2. The predicted octanol–water partition coefficient (Wildman–Crippen LogP) is 3.83. The molecule has 2 atom stereocenters. The number of benzene rings is 2. The number of carbonyl (C=O) groups excluding carboxylic acids is 1. The molecule has 1 heterocycles. The Morgan fingerprint density at radius 1 is 1.10 bits per heavy atom. The van der Waals surface area contributed by atoms with Gasteiger partial charge in [-0.3, -0.25) is 4.79 Å². The number of amides is 1. The molecule has 1 fully saturated rings. The van der Waals surface area contributed by atoms with Gasteiger partial charge in [-0.2, -0.15) is 0 Å². The molecule has 0 aliphatic carbocycles. The average molecular weight is 282 g/mol. The van der Waals surface area contributed by atoms with Crippen LogP contribution in [0, 0.1) is 0 Å². The number of hydrogen-bond acceptors (Lipinski definition) is 2. The summed E-state index contributed by atoms with van der Waals surface area (Å²) in [6, 6.07) is 12.4. The number of likely N-dealkylation sites (tertiary alicyclic amines) is 1. The minimum atomic E-state index is 0.0675. The maximum atomic E-state index is 12.9. The molecule has 3 nitrogen and oxygen atoms in total. The number of carbonyl (C=O) groups is 1. The fourth-order valence-electron chi connectivity index (χ4n) is 3.40. The Hall–Kier alpha value is -2.03. The summed E-state index contributed by atoms with van der Waals surface area (Å²) >= 11 is 0. The van der Waals surface area contributed by atoms with E-state index >= 15 is 0 Å². The van der Waals surface area contributed by atoms with Crippen LogP contribution in [0.2, 0.25) is 0 Å². The molecule has 1 amide bonds. The van der Waals surface area contributed by atoms with E-state index in [1.54, 1.807) is 0 Å². The number of nitrogens with two attached hydrogens (primary N) is 1. The smallest absolute Gasteiger partial charge is 0.256 e. The van der Waals surface area contributed by atoms with Gasteiger partial charge in [-0.25, -0.2) is 0 Å². The van der Waals surface area contributed by atoms with E-state index in [0.29, 0.717) is 11.3 Å². The van der Waals surface area contributed by atoms with Crippen LogP contribution in [0.3, 0.4) is 0 Å². The lowest BCUT2D eigenvalue weighted by Gasteiger charge is -2.39. The van der Waals surface area contributed by atoms with Gasteiger partial charge in [0.05, 0.1) is 5.56 Å². The number of piperidine rings is 1. The average Bonchev–Trinajstić information content (AvgIpc) is 2.46. The molecule has 1 aliphatic rings. The highest BCUT2D eigenvalue weighted by Crippen LogP contribution is 2.28. The number of anilines is 1. The van der Waals surface area contributed by atoms with Crippen LogP contribution in [0.5, 0.6) is 0 Å². The van der Waals surface area contributed by atoms with Gasteiger partial charge in [0.2, 0.25) is 0 Å². The molecular weight excluding hydrogens is 260 g/mol. The van der Waals surface area contributed by atoms with E-state index in [0.717, 1.165) is 23.6 Å². The molecule has 2 N–H and O–H groups in total. The summed E-state index contributed by atoms with van der Waals surface area (Å²) in [7, 11) is 0. The molecule has 110 valence electrons. The Morgan fingerprint density at radius 3 is 2.29 bits per heavy atom. The largest absolute Gasteiger partial charge is 0.398 e. The van der Waals surface area contributed by atoms with Gasteiger partial charge in [-0.05, 0) is 56.0 Å². The van der Waals surface area contributed by atoms with Crippen molar-refractivity contribution < 1.29 is 4.79 Å². The highest BCUT2D eigenvalue weighted by Gasteiger charge is 2.30. The molecule has 1 aliphatic heterocycles. The molecular formula is C18H22N2O. The highest BCUT2D eigenvalue weighted by molar-refractivity contribution is 6.04. The third kappa shape index (κ3) is 2.48. The van der Waals surface area contributed by atoms with Crippen LogP contribution in [0.15, 0.2) is 36.4 Å². The summed E-state index contributed by atoms with van der Waals surface area (Å²) in [6.07, 6.45) is 3.34. The summed E-state index contributed by atoms with van der Waals surface area (Å²) in [5.41, 5.74) is 7.34. The standard InChI is InChI=1S/C18H22N2O/c1-12-6-5-7-13(2)20(12)18(21)16-10-14-8-3-4-9-15(14)11-17(16)19/h3-4,8-13H,5-7,19H2,1-2H3. The minimum absolute atomic E-state index is 0.0675. The predicted molar refractivity (Wildman–Crippen MR) is 87.3 cm³/mol. The number of rotatable bonds is 1. The van der Waals surface area contributed by atoms with Crippen molar-refractivity contribution in [2.45, 2.75) is 45.2 Å². The normalized spacial score (nSPS) is 22.5. The Bertz CT molecular complexity index is 670. The van der Waals surface area contributed by atoms with Crippen LogP contribution in [-0.2, 0) is 0 Å². The summed E-state index contributed by atoms with van der Waals surface area (Å²) < 4.78 is 0. The molecule has 1 saturated heterocycles. The van der Waals surface area contributed by atoms with Gasteiger partial charge in [0, 0.05) is 17.8 Å². The Balaban J connectivity index is 2.02. The van der Waals surface area contributed by atoms with Crippen molar-refractivity contribution in [1.82, 2.24) is 4.90 Å². The molecule has 3 rings (SSSR count). The number of hydrogen-bond donors (Lipinski definition) is 1. The maximum Gasteiger partial charge on any atom is 0.256 e. The van der Waals surface area contributed by atoms with Crippen molar-refractivity contribution in [3.63, 3.8) is 0 Å². The maximum absolute atomic E-state index is 12.9. The van der Waals surface area contributed by atoms with Gasteiger partial charge >= 0.3 is 0 Å². The Labute approximate surface area is 125 Å². The SMILES string of the molecule is CC1CCCC(C)N1C(=O)c1cc2ccccc2cc1N. The second-order valence-electron chi connectivity index (χ2n) is 6.13. The monoisotopic (exact) mass is 282 g/mol. The third-order valence-corrected chi connectivity index (χ3v) is 4.58. The van der Waals surface area contributed by atoms with Gasteiger partial charge in [-0.15, -0.1) is 0 Å². The Morgan fingerprint density at radius 2 is 1.67 bits per heavy atom. The molecule has 2 aromatic rings. The zero-order valence-electron chi connectivity index (χ0n) is 12.7. The van der Waals surface area contributed by atoms with Crippen LogP contribution in [0.4, 0.5) is 5.69 Å². The summed E-state index contributed by atoms with van der Waals surface area (Å²) in [5.74, 6) is 0.0675. The molecule has 2 aromatic carbocycles. The van der Waals surface area contributed by atoms with E-state index in [9.17, 15) is 4.79 Å². The summed E-state index contributed by atoms with van der Waals surface area (Å²) in [5, 5.41) is 2.14. The van der Waals surface area contributed by atoms with E-state index < -0.39 is 0 Å². The molecule has 0 spiro atoms. The molecule has 0 saturated carbocycles. The van der Waals surface area contributed by atoms with E-state index in [1.165, 1.54) is 6.42 Å². The van der Waals surface area contributed by atoms with E-state index in [4.69, 9.17) is 5.73 Å². The number of nitrogen functional groups attached to an aromatic ring is 1. The second-order valence-corrected chi connectivity index (χ2v) is 6.13. The zero-order valence-corrected chi connectivity index (χ0v) is 12.7. The van der Waals surface area contributed by atoms with Crippen LogP contribution >= 0.6 is 0 Å². The number of fused-ring (bicyclic) bond motifs is 1. The molecule has 2 unspecified atom stereocenters. The van der Waals surface area contributed by atoms with E-state index in [-0.39, 0.29) is 18.0 Å². The first-order valence-electron chi connectivity index (χ1n) is 7.69. The topological polar surface area (TPSA) is 46.3 Å². The zero-order chi connectivity index (χ0) is 15.0. The molecule has 0 radical (unpaired) electrons. The van der Waals surface area contributed by atoms with Crippen molar-refractivity contribution in [2.75, 3.05) is 5.73 Å². The van der Waals surface area contributed by atoms with Gasteiger partial charge in [0.15, 0.2) is 0 Å². The Kier molecular flexibility index (Phi) is 3.58. The fourth-order valence-corrected chi connectivity index (χ4v) is 3.40. The fraction of sp³-hybridized carbons (Fsp3) is 0.389. The molecule has 0 aromatic heterocycles. The lowest BCUT2D eigenvalue weighted by atomic mass is 9.95. The van der Waals surface area contributed by atoms with Gasteiger partial charge in [0.1, 0.15) is 0 Å². The first kappa shape index (κ1) is 13.9. The number of nitrogens with zero attached hydrogens (tertiary/aromatic N) is 1. The van der Waals surface area contributed by atoms with Crippen molar-refractivity contribution in [1.29, 1.82) is 0 Å². The third-order valence-electron chi connectivity index (χ3n) is 4.58. The van der Waals surface area contributed by atoms with Gasteiger partial charge in [0.25, 0.3) is 5.91 Å².